The van der Waals surface area contributed by atoms with Gasteiger partial charge in [-0.15, -0.1) is 0 Å². The first kappa shape index (κ1) is 15.8. The van der Waals surface area contributed by atoms with Crippen LogP contribution in [0.3, 0.4) is 0 Å². The minimum atomic E-state index is -1.04. The van der Waals surface area contributed by atoms with Gasteiger partial charge in [0.1, 0.15) is 11.7 Å². The summed E-state index contributed by atoms with van der Waals surface area (Å²) in [5.41, 5.74) is -1.04. The molecular formula is C12H22O3S. The van der Waals surface area contributed by atoms with E-state index in [0.717, 1.165) is 0 Å². The zero-order chi connectivity index (χ0) is 12.9. The molecule has 4 heteroatoms. The Morgan fingerprint density at radius 3 is 2.06 bits per heavy atom. The largest absolute Gasteiger partial charge is 0.391 e. The van der Waals surface area contributed by atoms with Gasteiger partial charge in [0.05, 0.1) is 12.2 Å². The van der Waals surface area contributed by atoms with Crippen LogP contribution in [0, 0.1) is 11.8 Å². The lowest BCUT2D eigenvalue weighted by molar-refractivity contribution is -0.0398. The van der Waals surface area contributed by atoms with E-state index in [0.29, 0.717) is 0 Å². The molecule has 0 saturated heterocycles. The average Bonchev–Trinajstić information content (AvgIpc) is 2.09. The van der Waals surface area contributed by atoms with Crippen LogP contribution in [0.25, 0.3) is 0 Å². The maximum Gasteiger partial charge on any atom is 0.130 e. The molecule has 2 N–H and O–H groups in total. The summed E-state index contributed by atoms with van der Waals surface area (Å²) in [5.74, 6) is 5.53. The molecule has 0 aromatic carbocycles. The van der Waals surface area contributed by atoms with Gasteiger partial charge in [-0.3, -0.25) is 0 Å². The van der Waals surface area contributed by atoms with E-state index < -0.39 is 17.8 Å². The number of ether oxygens (including phenoxy) is 1. The van der Waals surface area contributed by atoms with Crippen molar-refractivity contribution in [3.05, 3.63) is 0 Å². The number of aliphatic hydroxyl groups excluding tert-OH is 1. The molecule has 0 saturated carbocycles. The topological polar surface area (TPSA) is 49.7 Å². The number of hydrogen-bond acceptors (Lipinski definition) is 4. The van der Waals surface area contributed by atoms with Crippen LogP contribution < -0.4 is 0 Å². The lowest BCUT2D eigenvalue weighted by Crippen LogP contribution is -2.32. The van der Waals surface area contributed by atoms with Gasteiger partial charge in [0.2, 0.25) is 0 Å². The highest BCUT2D eigenvalue weighted by Crippen LogP contribution is 2.11. The highest BCUT2D eigenvalue weighted by molar-refractivity contribution is 7.81. The summed E-state index contributed by atoms with van der Waals surface area (Å²) in [4.78, 5) is 0. The lowest BCUT2D eigenvalue weighted by atomic mass is 10.1. The third kappa shape index (κ3) is 7.13. The van der Waals surface area contributed by atoms with Crippen LogP contribution in [0.5, 0.6) is 0 Å². The van der Waals surface area contributed by atoms with Crippen LogP contribution in [0.15, 0.2) is 0 Å². The van der Waals surface area contributed by atoms with Gasteiger partial charge in [-0.2, -0.15) is 12.6 Å². The standard InChI is InChI=1S/C12H22O3S/c1-8(13)9(2)15-11(10(3)16)6-7-12(4,5)14/h8-11,13-14,16H,1-5H3/t8-,9-,10-,11-/m1/s1. The molecule has 0 aliphatic rings. The third-order valence-electron chi connectivity index (χ3n) is 2.00. The Hall–Kier alpha value is -0.210. The highest BCUT2D eigenvalue weighted by atomic mass is 32.1. The monoisotopic (exact) mass is 246 g/mol. The summed E-state index contributed by atoms with van der Waals surface area (Å²) in [6.45, 7) is 8.52. The van der Waals surface area contributed by atoms with Gasteiger partial charge in [-0.25, -0.2) is 0 Å². The molecule has 3 nitrogen and oxygen atoms in total. The van der Waals surface area contributed by atoms with Gasteiger partial charge in [-0.05, 0) is 27.7 Å². The molecule has 0 spiro atoms. The second kappa shape index (κ2) is 6.51. The zero-order valence-corrected chi connectivity index (χ0v) is 11.5. The van der Waals surface area contributed by atoms with Gasteiger partial charge in [0.25, 0.3) is 0 Å². The van der Waals surface area contributed by atoms with Crippen molar-refractivity contribution >= 4 is 12.6 Å². The fraction of sp³-hybridized carbons (Fsp3) is 0.833. The second-order valence-electron chi connectivity index (χ2n) is 4.57. The molecule has 0 aliphatic heterocycles. The van der Waals surface area contributed by atoms with Gasteiger partial charge < -0.3 is 14.9 Å². The first-order valence-electron chi connectivity index (χ1n) is 5.40. The molecule has 0 fully saturated rings. The number of thiol groups is 1. The SMILES string of the molecule is C[C@@H](O)[C@@H](C)O[C@H](C#CC(C)(C)O)[C@@H](C)S. The van der Waals surface area contributed by atoms with E-state index in [1.807, 2.05) is 6.92 Å². The fourth-order valence-electron chi connectivity index (χ4n) is 0.861. The average molecular weight is 246 g/mol. The molecule has 0 aliphatic carbocycles. The predicted molar refractivity (Wildman–Crippen MR) is 68.5 cm³/mol. The normalized spacial score (nSPS) is 19.2. The van der Waals surface area contributed by atoms with Crippen LogP contribution in [0.2, 0.25) is 0 Å². The Bertz CT molecular complexity index is 258. The van der Waals surface area contributed by atoms with Crippen molar-refractivity contribution in [1.82, 2.24) is 0 Å². The van der Waals surface area contributed by atoms with E-state index in [2.05, 4.69) is 24.5 Å². The van der Waals surface area contributed by atoms with E-state index in [4.69, 9.17) is 4.74 Å². The van der Waals surface area contributed by atoms with Crippen LogP contribution in [0.1, 0.15) is 34.6 Å². The third-order valence-corrected chi connectivity index (χ3v) is 2.27. The summed E-state index contributed by atoms with van der Waals surface area (Å²) >= 11 is 4.28. The minimum absolute atomic E-state index is 0.0870. The highest BCUT2D eigenvalue weighted by Gasteiger charge is 2.19. The summed E-state index contributed by atoms with van der Waals surface area (Å²) < 4.78 is 5.56. The van der Waals surface area contributed by atoms with Crippen molar-refractivity contribution in [1.29, 1.82) is 0 Å². The molecule has 0 aromatic rings. The van der Waals surface area contributed by atoms with E-state index in [1.54, 1.807) is 27.7 Å². The van der Waals surface area contributed by atoms with Crippen LogP contribution in [-0.2, 0) is 4.74 Å². The molecule has 0 amide bonds. The van der Waals surface area contributed by atoms with E-state index in [1.165, 1.54) is 0 Å². The summed E-state index contributed by atoms with van der Waals surface area (Å²) in [7, 11) is 0. The molecule has 0 rings (SSSR count). The molecule has 0 aromatic heterocycles. The van der Waals surface area contributed by atoms with Crippen LogP contribution in [0.4, 0.5) is 0 Å². The van der Waals surface area contributed by atoms with Crippen molar-refractivity contribution < 1.29 is 14.9 Å². The zero-order valence-electron chi connectivity index (χ0n) is 10.6. The second-order valence-corrected chi connectivity index (χ2v) is 5.39. The molecule has 0 heterocycles. The van der Waals surface area contributed by atoms with E-state index in [9.17, 15) is 10.2 Å². The van der Waals surface area contributed by atoms with E-state index in [-0.39, 0.29) is 11.4 Å². The van der Waals surface area contributed by atoms with Gasteiger partial charge in [0, 0.05) is 5.25 Å². The summed E-state index contributed by atoms with van der Waals surface area (Å²) in [6, 6.07) is 0. The van der Waals surface area contributed by atoms with Crippen molar-refractivity contribution in [3.8, 4) is 11.8 Å². The summed E-state index contributed by atoms with van der Waals surface area (Å²) in [6.07, 6.45) is -1.27. The number of rotatable bonds is 4. The van der Waals surface area contributed by atoms with Crippen molar-refractivity contribution in [2.75, 3.05) is 0 Å². The Kier molecular flexibility index (Phi) is 6.42. The Balaban J connectivity index is 4.56. The molecule has 0 unspecified atom stereocenters. The van der Waals surface area contributed by atoms with Gasteiger partial charge in [0.15, 0.2) is 0 Å². The minimum Gasteiger partial charge on any atom is -0.391 e. The molecule has 16 heavy (non-hydrogen) atoms. The molecule has 0 bridgehead atoms. The quantitative estimate of drug-likeness (QED) is 0.516. The van der Waals surface area contributed by atoms with E-state index >= 15 is 0 Å². The van der Waals surface area contributed by atoms with Crippen molar-refractivity contribution in [2.45, 2.75) is 63.8 Å². The first-order chi connectivity index (χ1) is 7.13. The molecule has 94 valence electrons. The maximum absolute atomic E-state index is 9.49. The Morgan fingerprint density at radius 1 is 1.25 bits per heavy atom. The number of hydrogen-bond donors (Lipinski definition) is 3. The predicted octanol–water partition coefficient (Wildman–Crippen LogP) is 1.23. The van der Waals surface area contributed by atoms with Crippen molar-refractivity contribution in [2.24, 2.45) is 0 Å². The fourth-order valence-corrected chi connectivity index (χ4v) is 1.01. The van der Waals surface area contributed by atoms with Gasteiger partial charge in [-0.1, -0.05) is 18.8 Å². The summed E-state index contributed by atoms with van der Waals surface area (Å²) in [5, 5.41) is 18.7. The Labute approximate surface area is 104 Å². The lowest BCUT2D eigenvalue weighted by Gasteiger charge is -2.23. The molecule has 0 radical (unpaired) electrons. The van der Waals surface area contributed by atoms with Gasteiger partial charge >= 0.3 is 0 Å². The molecule has 4 atom stereocenters. The van der Waals surface area contributed by atoms with Crippen molar-refractivity contribution in [3.63, 3.8) is 0 Å². The maximum atomic E-state index is 9.49. The smallest absolute Gasteiger partial charge is 0.130 e. The first-order valence-corrected chi connectivity index (χ1v) is 5.92. The molecular weight excluding hydrogens is 224 g/mol. The Morgan fingerprint density at radius 2 is 1.75 bits per heavy atom. The van der Waals surface area contributed by atoms with Crippen LogP contribution in [-0.4, -0.2) is 39.4 Å². The van der Waals surface area contributed by atoms with Crippen LogP contribution >= 0.6 is 12.6 Å². The number of aliphatic hydroxyl groups is 2.